The van der Waals surface area contributed by atoms with Crippen molar-refractivity contribution < 1.29 is 23.8 Å². The van der Waals surface area contributed by atoms with Crippen LogP contribution in [-0.2, 0) is 14.3 Å². The van der Waals surface area contributed by atoms with Gasteiger partial charge in [0.25, 0.3) is 5.91 Å². The number of likely N-dealkylation sites (tertiary alicyclic amines) is 1. The molecule has 0 radical (unpaired) electrons. The molecule has 1 heterocycles. The molecule has 7 heteroatoms. The molecular weight excluding hydrogens is 324 g/mol. The first kappa shape index (κ1) is 18.6. The van der Waals surface area contributed by atoms with Crippen molar-refractivity contribution in [1.82, 2.24) is 4.90 Å². The smallest absolute Gasteiger partial charge is 0.310 e. The molecule has 2 rings (SSSR count). The van der Waals surface area contributed by atoms with Crippen LogP contribution in [0.4, 0.5) is 0 Å². The Bertz CT molecular complexity index is 668. The molecule has 1 saturated heterocycles. The summed E-state index contributed by atoms with van der Waals surface area (Å²) in [6.45, 7) is 2.90. The van der Waals surface area contributed by atoms with Crippen molar-refractivity contribution >= 4 is 11.9 Å². The number of hydrogen-bond donors (Lipinski definition) is 0. The predicted molar refractivity (Wildman–Crippen MR) is 89.1 cm³/mol. The highest BCUT2D eigenvalue weighted by Gasteiger charge is 2.29. The maximum atomic E-state index is 12.4. The van der Waals surface area contributed by atoms with Crippen LogP contribution in [0, 0.1) is 17.2 Å². The minimum Gasteiger partial charge on any atom is -0.493 e. The highest BCUT2D eigenvalue weighted by Crippen LogP contribution is 2.28. The molecule has 1 amide bonds. The number of ether oxygens (including phenoxy) is 3. The number of esters is 1. The molecule has 25 heavy (non-hydrogen) atoms. The van der Waals surface area contributed by atoms with Gasteiger partial charge in [0.15, 0.2) is 18.1 Å². The fourth-order valence-electron chi connectivity index (χ4n) is 2.74. The Labute approximate surface area is 147 Å². The van der Waals surface area contributed by atoms with E-state index in [1.165, 1.54) is 7.11 Å². The van der Waals surface area contributed by atoms with Gasteiger partial charge in [-0.25, -0.2) is 0 Å². The van der Waals surface area contributed by atoms with Crippen LogP contribution in [0.15, 0.2) is 18.2 Å². The van der Waals surface area contributed by atoms with Crippen molar-refractivity contribution in [1.29, 1.82) is 5.26 Å². The number of piperidine rings is 1. The lowest BCUT2D eigenvalue weighted by molar-refractivity contribution is -0.151. The second-order valence-electron chi connectivity index (χ2n) is 5.70. The quantitative estimate of drug-likeness (QED) is 0.729. The molecule has 1 aromatic carbocycles. The molecular formula is C18H22N2O5. The highest BCUT2D eigenvalue weighted by atomic mass is 16.5. The summed E-state index contributed by atoms with van der Waals surface area (Å²) in [6.07, 6.45) is 1.49. The number of methoxy groups -OCH3 is 1. The summed E-state index contributed by atoms with van der Waals surface area (Å²) in [4.78, 5) is 25.9. The van der Waals surface area contributed by atoms with Crippen molar-refractivity contribution in [2.24, 2.45) is 5.92 Å². The summed E-state index contributed by atoms with van der Waals surface area (Å²) in [5.74, 6) is 0.0703. The summed E-state index contributed by atoms with van der Waals surface area (Å²) in [6, 6.07) is 6.77. The topological polar surface area (TPSA) is 88.9 Å². The lowest BCUT2D eigenvalue weighted by Gasteiger charge is -2.31. The number of amides is 1. The third kappa shape index (κ3) is 4.86. The van der Waals surface area contributed by atoms with Gasteiger partial charge in [0.1, 0.15) is 0 Å². The van der Waals surface area contributed by atoms with Crippen LogP contribution in [0.1, 0.15) is 25.3 Å². The van der Waals surface area contributed by atoms with Gasteiger partial charge < -0.3 is 19.1 Å². The third-order valence-corrected chi connectivity index (χ3v) is 4.04. The van der Waals surface area contributed by atoms with Crippen LogP contribution in [0.2, 0.25) is 0 Å². The molecule has 0 saturated carbocycles. The van der Waals surface area contributed by atoms with Crippen LogP contribution in [0.5, 0.6) is 11.5 Å². The Balaban J connectivity index is 1.94. The van der Waals surface area contributed by atoms with Gasteiger partial charge >= 0.3 is 5.97 Å². The first-order valence-corrected chi connectivity index (χ1v) is 8.24. The van der Waals surface area contributed by atoms with Crippen molar-refractivity contribution in [3.63, 3.8) is 0 Å². The lowest BCUT2D eigenvalue weighted by atomic mass is 9.98. The van der Waals surface area contributed by atoms with Crippen LogP contribution in [-0.4, -0.2) is 50.2 Å². The lowest BCUT2D eigenvalue weighted by Crippen LogP contribution is -2.44. The van der Waals surface area contributed by atoms with Crippen LogP contribution < -0.4 is 9.47 Å². The maximum Gasteiger partial charge on any atom is 0.310 e. The normalized spacial score (nSPS) is 16.7. The van der Waals surface area contributed by atoms with E-state index in [1.807, 2.05) is 6.07 Å². The molecule has 1 unspecified atom stereocenters. The first-order chi connectivity index (χ1) is 12.1. The first-order valence-electron chi connectivity index (χ1n) is 8.24. The largest absolute Gasteiger partial charge is 0.493 e. The second kappa shape index (κ2) is 8.92. The fourth-order valence-corrected chi connectivity index (χ4v) is 2.74. The Morgan fingerprint density at radius 2 is 2.16 bits per heavy atom. The highest BCUT2D eigenvalue weighted by molar-refractivity contribution is 5.79. The fraction of sp³-hybridized carbons (Fsp3) is 0.500. The molecule has 1 aliphatic heterocycles. The van der Waals surface area contributed by atoms with Gasteiger partial charge in [0.2, 0.25) is 0 Å². The second-order valence-corrected chi connectivity index (χ2v) is 5.70. The average molecular weight is 346 g/mol. The van der Waals surface area contributed by atoms with E-state index in [4.69, 9.17) is 19.5 Å². The maximum absolute atomic E-state index is 12.4. The van der Waals surface area contributed by atoms with E-state index in [2.05, 4.69) is 0 Å². The summed E-state index contributed by atoms with van der Waals surface area (Å²) >= 11 is 0. The zero-order valence-corrected chi connectivity index (χ0v) is 14.5. The Morgan fingerprint density at radius 1 is 1.36 bits per heavy atom. The Morgan fingerprint density at radius 3 is 2.84 bits per heavy atom. The van der Waals surface area contributed by atoms with E-state index >= 15 is 0 Å². The number of benzene rings is 1. The SMILES string of the molecule is CCOC(=O)C1CCCN(C(=O)COc2ccc(C#N)cc2OC)C1. The van der Waals surface area contributed by atoms with Crippen molar-refractivity contribution in [3.8, 4) is 17.6 Å². The summed E-state index contributed by atoms with van der Waals surface area (Å²) in [5.41, 5.74) is 0.448. The molecule has 0 bridgehead atoms. The van der Waals surface area contributed by atoms with Crippen LogP contribution in [0.3, 0.4) is 0 Å². The van der Waals surface area contributed by atoms with Gasteiger partial charge in [-0.15, -0.1) is 0 Å². The van der Waals surface area contributed by atoms with Crippen molar-refractivity contribution in [2.45, 2.75) is 19.8 Å². The minimum atomic E-state index is -0.276. The number of carbonyl (C=O) groups excluding carboxylic acids is 2. The summed E-state index contributed by atoms with van der Waals surface area (Å²) in [5, 5.41) is 8.90. The van der Waals surface area contributed by atoms with Crippen LogP contribution >= 0.6 is 0 Å². The van der Waals surface area contributed by atoms with Gasteiger partial charge in [0, 0.05) is 19.2 Å². The molecule has 1 aromatic rings. The van der Waals surface area contributed by atoms with Gasteiger partial charge in [-0.2, -0.15) is 5.26 Å². The van der Waals surface area contributed by atoms with E-state index in [0.717, 1.165) is 12.8 Å². The number of rotatable bonds is 6. The average Bonchev–Trinajstić information content (AvgIpc) is 2.66. The minimum absolute atomic E-state index is 0.155. The van der Waals surface area contributed by atoms with Gasteiger partial charge in [-0.1, -0.05) is 0 Å². The standard InChI is InChI=1S/C18H22N2O5/c1-3-24-18(22)14-5-4-8-20(11-14)17(21)12-25-15-7-6-13(10-19)9-16(15)23-2/h6-7,9,14H,3-5,8,11-12H2,1-2H3. The molecule has 0 aromatic heterocycles. The van der Waals surface area contributed by atoms with E-state index in [9.17, 15) is 9.59 Å². The summed E-state index contributed by atoms with van der Waals surface area (Å²) < 4.78 is 15.8. The van der Waals surface area contributed by atoms with E-state index in [-0.39, 0.29) is 24.4 Å². The molecule has 1 aliphatic rings. The Hall–Kier alpha value is -2.75. The number of nitrogens with zero attached hydrogens (tertiary/aromatic N) is 2. The van der Waals surface area contributed by atoms with Gasteiger partial charge in [-0.3, -0.25) is 9.59 Å². The summed E-state index contributed by atoms with van der Waals surface area (Å²) in [7, 11) is 1.47. The molecule has 0 spiro atoms. The molecule has 0 N–H and O–H groups in total. The van der Waals surface area contributed by atoms with E-state index < -0.39 is 0 Å². The number of nitriles is 1. The van der Waals surface area contributed by atoms with E-state index in [0.29, 0.717) is 36.8 Å². The van der Waals surface area contributed by atoms with Crippen molar-refractivity contribution in [2.75, 3.05) is 33.4 Å². The number of carbonyl (C=O) groups is 2. The molecule has 1 fully saturated rings. The molecule has 0 aliphatic carbocycles. The number of hydrogen-bond acceptors (Lipinski definition) is 6. The van der Waals surface area contributed by atoms with Gasteiger partial charge in [-0.05, 0) is 31.9 Å². The van der Waals surface area contributed by atoms with Crippen LogP contribution in [0.25, 0.3) is 0 Å². The molecule has 7 nitrogen and oxygen atoms in total. The van der Waals surface area contributed by atoms with Gasteiger partial charge in [0.05, 0.1) is 31.3 Å². The Kier molecular flexibility index (Phi) is 6.63. The predicted octanol–water partition coefficient (Wildman–Crippen LogP) is 1.75. The monoisotopic (exact) mass is 346 g/mol. The molecule has 1 atom stereocenters. The molecule has 134 valence electrons. The van der Waals surface area contributed by atoms with E-state index in [1.54, 1.807) is 30.0 Å². The van der Waals surface area contributed by atoms with Crippen molar-refractivity contribution in [3.05, 3.63) is 23.8 Å². The zero-order valence-electron chi connectivity index (χ0n) is 14.5. The third-order valence-electron chi connectivity index (χ3n) is 4.04. The zero-order chi connectivity index (χ0) is 18.2.